The Balaban J connectivity index is 1.17. The summed E-state index contributed by atoms with van der Waals surface area (Å²) in [4.78, 5) is 2.59. The standard InChI is InChI=1S/C68H60N2Si2/c1-67(2,3)49-39-42-61-59(45-49)60-46-50(68(4,5)6)40-43-62(60)69(61)52-41-44-64-66(48-52)72(56-32-18-10-19-33-56,57-34-20-11-21-35-57)65-38-23-22-37-63(65)70(64)51-25-24-36-58(47-51)71(53-26-12-7-13-27-53,54-28-14-8-15-29-54)55-30-16-9-17-31-55/h7-48H,1-6H3. The van der Waals surface area contributed by atoms with E-state index in [0.29, 0.717) is 0 Å². The van der Waals surface area contributed by atoms with E-state index in [-0.39, 0.29) is 10.8 Å². The summed E-state index contributed by atoms with van der Waals surface area (Å²) in [6.07, 6.45) is 0. The molecule has 0 saturated heterocycles. The van der Waals surface area contributed by atoms with Gasteiger partial charge in [0.15, 0.2) is 16.1 Å². The van der Waals surface area contributed by atoms with Crippen LogP contribution in [0.15, 0.2) is 255 Å². The van der Waals surface area contributed by atoms with Gasteiger partial charge in [-0.1, -0.05) is 236 Å². The maximum atomic E-state index is 2.59. The van der Waals surface area contributed by atoms with E-state index in [1.54, 1.807) is 0 Å². The molecule has 0 spiro atoms. The zero-order chi connectivity index (χ0) is 49.2. The van der Waals surface area contributed by atoms with Crippen molar-refractivity contribution in [2.45, 2.75) is 52.4 Å². The summed E-state index contributed by atoms with van der Waals surface area (Å²) in [6, 6.07) is 97.4. The topological polar surface area (TPSA) is 8.17 Å². The van der Waals surface area contributed by atoms with E-state index in [1.165, 1.54) is 91.5 Å². The number of hydrogen-bond acceptors (Lipinski definition) is 1. The van der Waals surface area contributed by atoms with Gasteiger partial charge < -0.3 is 9.47 Å². The number of hydrogen-bond donors (Lipinski definition) is 0. The van der Waals surface area contributed by atoms with Crippen molar-refractivity contribution in [1.29, 1.82) is 0 Å². The van der Waals surface area contributed by atoms with Crippen LogP contribution in [0.2, 0.25) is 0 Å². The first-order valence-electron chi connectivity index (χ1n) is 25.5. The Labute approximate surface area is 427 Å². The van der Waals surface area contributed by atoms with Gasteiger partial charge in [0.2, 0.25) is 0 Å². The number of rotatable bonds is 8. The summed E-state index contributed by atoms with van der Waals surface area (Å²) in [7, 11) is -5.91. The van der Waals surface area contributed by atoms with Crippen molar-refractivity contribution in [3.63, 3.8) is 0 Å². The molecule has 1 aliphatic heterocycles. The largest absolute Gasteiger partial charge is 0.311 e. The Hall–Kier alpha value is -7.77. The molecule has 2 nitrogen and oxygen atoms in total. The van der Waals surface area contributed by atoms with Crippen LogP contribution in [0, 0.1) is 0 Å². The quantitative estimate of drug-likeness (QED) is 0.109. The van der Waals surface area contributed by atoms with Crippen molar-refractivity contribution >= 4 is 96.5 Å². The van der Waals surface area contributed by atoms with Crippen LogP contribution < -0.4 is 46.4 Å². The fourth-order valence-electron chi connectivity index (χ4n) is 12.0. The van der Waals surface area contributed by atoms with Crippen molar-refractivity contribution in [2.24, 2.45) is 0 Å². The second-order valence-electron chi connectivity index (χ2n) is 21.7. The molecule has 10 aromatic carbocycles. The minimum Gasteiger partial charge on any atom is -0.311 e. The van der Waals surface area contributed by atoms with Crippen molar-refractivity contribution < 1.29 is 0 Å². The van der Waals surface area contributed by atoms with Gasteiger partial charge in [-0.3, -0.25) is 0 Å². The first kappa shape index (κ1) is 45.4. The first-order chi connectivity index (χ1) is 35.0. The molecule has 0 bridgehead atoms. The smallest absolute Gasteiger partial charge is 0.184 e. The molecule has 72 heavy (non-hydrogen) atoms. The van der Waals surface area contributed by atoms with E-state index >= 15 is 0 Å². The highest BCUT2D eigenvalue weighted by atomic mass is 28.3. The van der Waals surface area contributed by atoms with Gasteiger partial charge in [-0.15, -0.1) is 0 Å². The molecule has 0 amide bonds. The van der Waals surface area contributed by atoms with E-state index < -0.39 is 16.1 Å². The lowest BCUT2D eigenvalue weighted by Gasteiger charge is -2.45. The minimum atomic E-state index is -3.05. The van der Waals surface area contributed by atoms with Crippen LogP contribution >= 0.6 is 0 Å². The molecule has 1 aliphatic rings. The summed E-state index contributed by atoms with van der Waals surface area (Å²) in [6.45, 7) is 13.9. The van der Waals surface area contributed by atoms with Gasteiger partial charge in [0.1, 0.15) is 0 Å². The monoisotopic (exact) mass is 960 g/mol. The lowest BCUT2D eigenvalue weighted by molar-refractivity contribution is 0.590. The molecule has 0 atom stereocenters. The average molecular weight is 961 g/mol. The van der Waals surface area contributed by atoms with Crippen LogP contribution in [0.4, 0.5) is 17.1 Å². The van der Waals surface area contributed by atoms with Gasteiger partial charge in [0.05, 0.1) is 11.0 Å². The average Bonchev–Trinajstić information content (AvgIpc) is 3.75. The Kier molecular flexibility index (Phi) is 11.0. The van der Waals surface area contributed by atoms with Crippen LogP contribution in [-0.2, 0) is 10.8 Å². The van der Waals surface area contributed by atoms with Gasteiger partial charge in [0.25, 0.3) is 0 Å². The highest BCUT2D eigenvalue weighted by Crippen LogP contribution is 2.41. The van der Waals surface area contributed by atoms with Crippen molar-refractivity contribution in [3.05, 3.63) is 266 Å². The summed E-state index contributed by atoms with van der Waals surface area (Å²) in [5.74, 6) is 0. The fourth-order valence-corrected chi connectivity index (χ4v) is 21.9. The summed E-state index contributed by atoms with van der Waals surface area (Å²) in [5.41, 5.74) is 9.90. The van der Waals surface area contributed by atoms with Gasteiger partial charge >= 0.3 is 0 Å². The maximum Gasteiger partial charge on any atom is 0.184 e. The van der Waals surface area contributed by atoms with E-state index in [2.05, 4.69) is 306 Å². The summed E-state index contributed by atoms with van der Waals surface area (Å²) >= 11 is 0. The number of nitrogens with zero attached hydrogens (tertiary/aromatic N) is 2. The maximum absolute atomic E-state index is 3.05. The minimum absolute atomic E-state index is 0.00618. The van der Waals surface area contributed by atoms with Gasteiger partial charge in [-0.2, -0.15) is 0 Å². The van der Waals surface area contributed by atoms with Crippen molar-refractivity contribution in [1.82, 2.24) is 4.57 Å². The van der Waals surface area contributed by atoms with E-state index in [4.69, 9.17) is 0 Å². The Morgan fingerprint density at radius 1 is 0.333 bits per heavy atom. The molecule has 0 fully saturated rings. The van der Waals surface area contributed by atoms with Crippen LogP contribution in [0.5, 0.6) is 0 Å². The predicted molar refractivity (Wildman–Crippen MR) is 314 cm³/mol. The van der Waals surface area contributed by atoms with Gasteiger partial charge in [-0.05, 0) is 124 Å². The number of para-hydroxylation sites is 1. The lowest BCUT2D eigenvalue weighted by Crippen LogP contribution is -2.77. The predicted octanol–water partition coefficient (Wildman–Crippen LogP) is 11.9. The van der Waals surface area contributed by atoms with Crippen LogP contribution in [-0.4, -0.2) is 20.7 Å². The highest BCUT2D eigenvalue weighted by Gasteiger charge is 2.49. The summed E-state index contributed by atoms with van der Waals surface area (Å²) < 4.78 is 2.55. The van der Waals surface area contributed by atoms with Crippen LogP contribution in [0.25, 0.3) is 27.5 Å². The molecule has 12 rings (SSSR count). The summed E-state index contributed by atoms with van der Waals surface area (Å²) in [5, 5.41) is 13.5. The lowest BCUT2D eigenvalue weighted by atomic mass is 9.85. The van der Waals surface area contributed by atoms with E-state index in [0.717, 1.165) is 5.69 Å². The molecule has 0 unspecified atom stereocenters. The highest BCUT2D eigenvalue weighted by molar-refractivity contribution is 7.21. The molecule has 0 radical (unpaired) electrons. The third kappa shape index (κ3) is 7.18. The molecule has 0 saturated carbocycles. The third-order valence-corrected chi connectivity index (χ3v) is 25.1. The Bertz CT molecular complexity index is 3550. The fraction of sp³-hybridized carbons (Fsp3) is 0.118. The molecular formula is C68H60N2Si2. The molecule has 1 aromatic heterocycles. The van der Waals surface area contributed by atoms with Crippen LogP contribution in [0.1, 0.15) is 52.7 Å². The second-order valence-corrected chi connectivity index (χ2v) is 29.3. The Morgan fingerprint density at radius 3 is 1.25 bits per heavy atom. The molecular weight excluding hydrogens is 901 g/mol. The number of benzene rings is 10. The molecule has 350 valence electrons. The first-order valence-corrected chi connectivity index (χ1v) is 29.5. The van der Waals surface area contributed by atoms with E-state index in [9.17, 15) is 0 Å². The number of fused-ring (bicyclic) bond motifs is 5. The molecule has 2 heterocycles. The zero-order valence-electron chi connectivity index (χ0n) is 42.1. The molecule has 11 aromatic rings. The molecule has 0 aliphatic carbocycles. The number of aromatic nitrogens is 1. The van der Waals surface area contributed by atoms with Gasteiger partial charge in [0, 0.05) is 33.5 Å². The normalized spacial score (nSPS) is 13.5. The molecule has 0 N–H and O–H groups in total. The SMILES string of the molecule is CC(C)(C)c1ccc2c(c1)c1cc(C(C)(C)C)ccc1n2-c1ccc2c(c1)[Si](c1ccccc1)(c1ccccc1)c1ccccc1N2c1cccc([Si](c2ccccc2)(c2ccccc2)c2ccccc2)c1. The zero-order valence-corrected chi connectivity index (χ0v) is 44.1. The van der Waals surface area contributed by atoms with Crippen LogP contribution in [0.3, 0.4) is 0 Å². The molecule has 4 heteroatoms. The number of anilines is 3. The van der Waals surface area contributed by atoms with E-state index in [1.807, 2.05) is 0 Å². The van der Waals surface area contributed by atoms with Crippen molar-refractivity contribution in [3.8, 4) is 5.69 Å². The Morgan fingerprint density at radius 2 is 0.764 bits per heavy atom. The van der Waals surface area contributed by atoms with Crippen molar-refractivity contribution in [2.75, 3.05) is 4.90 Å². The second kappa shape index (κ2) is 17.5. The van der Waals surface area contributed by atoms with Gasteiger partial charge in [-0.25, -0.2) is 0 Å². The third-order valence-electron chi connectivity index (χ3n) is 15.5.